The van der Waals surface area contributed by atoms with Crippen LogP contribution in [0.4, 0.5) is 11.4 Å². The molecule has 10 nitrogen and oxygen atoms in total. The summed E-state index contributed by atoms with van der Waals surface area (Å²) in [6.07, 6.45) is 0.754. The van der Waals surface area contributed by atoms with Gasteiger partial charge in [0.15, 0.2) is 17.8 Å². The summed E-state index contributed by atoms with van der Waals surface area (Å²) in [5.41, 5.74) is 8.66. The Bertz CT molecular complexity index is 1360. The summed E-state index contributed by atoms with van der Waals surface area (Å²) in [6.45, 7) is 2.17. The van der Waals surface area contributed by atoms with Gasteiger partial charge in [0, 0.05) is 41.1 Å². The van der Waals surface area contributed by atoms with Crippen molar-refractivity contribution < 1.29 is 23.9 Å². The number of aldehydes is 1. The Morgan fingerprint density at radius 3 is 2.46 bits per heavy atom. The van der Waals surface area contributed by atoms with Gasteiger partial charge >= 0.3 is 0 Å². The van der Waals surface area contributed by atoms with Crippen LogP contribution in [0.1, 0.15) is 34.0 Å². The predicted octanol–water partition coefficient (Wildman–Crippen LogP) is 3.75. The number of halogens is 1. The molecule has 6 N–H and O–H groups in total. The van der Waals surface area contributed by atoms with Gasteiger partial charge in [-0.2, -0.15) is 0 Å². The second-order valence-electron chi connectivity index (χ2n) is 8.33. The van der Waals surface area contributed by atoms with Crippen LogP contribution in [-0.4, -0.2) is 44.2 Å². The fourth-order valence-electron chi connectivity index (χ4n) is 3.75. The second kappa shape index (κ2) is 13.8. The molecule has 0 bridgehead atoms. The number of ether oxygens (including phenoxy) is 2. The Morgan fingerprint density at radius 1 is 1.08 bits per heavy atom. The van der Waals surface area contributed by atoms with Crippen molar-refractivity contribution in [3.05, 3.63) is 81.9 Å². The predicted molar refractivity (Wildman–Crippen MR) is 151 cm³/mol. The van der Waals surface area contributed by atoms with Gasteiger partial charge in [-0.05, 0) is 67.1 Å². The van der Waals surface area contributed by atoms with Gasteiger partial charge in [0.25, 0.3) is 5.91 Å². The van der Waals surface area contributed by atoms with Crippen LogP contribution in [0.2, 0.25) is 5.02 Å². The highest BCUT2D eigenvalue weighted by Crippen LogP contribution is 2.34. The molecule has 0 radical (unpaired) electrons. The Kier molecular flexibility index (Phi) is 10.3. The molecular weight excluding hydrogens is 522 g/mol. The number of hydrogen-bond acceptors (Lipinski definition) is 7. The number of hydrogen-bond donors (Lipinski definition) is 5. The molecule has 0 heterocycles. The minimum Gasteiger partial charge on any atom is -0.490 e. The summed E-state index contributed by atoms with van der Waals surface area (Å²) in [6, 6.07) is 14.9. The average Bonchev–Trinajstić information content (AvgIpc) is 2.92. The van der Waals surface area contributed by atoms with Crippen LogP contribution in [0.3, 0.4) is 0 Å². The molecule has 3 aromatic carbocycles. The van der Waals surface area contributed by atoms with E-state index in [0.717, 1.165) is 0 Å². The summed E-state index contributed by atoms with van der Waals surface area (Å²) < 4.78 is 11.4. The van der Waals surface area contributed by atoms with Crippen molar-refractivity contribution in [1.82, 2.24) is 5.32 Å². The van der Waals surface area contributed by atoms with Gasteiger partial charge < -0.3 is 31.2 Å². The van der Waals surface area contributed by atoms with Crippen molar-refractivity contribution in [2.75, 3.05) is 30.9 Å². The molecule has 2 amide bonds. The number of amides is 2. The molecule has 0 atom stereocenters. The molecule has 0 spiro atoms. The molecule has 39 heavy (non-hydrogen) atoms. The number of nitrogen functional groups attached to an aromatic ring is 1. The van der Waals surface area contributed by atoms with Gasteiger partial charge in [0.05, 0.1) is 18.6 Å². The number of nitrogens with one attached hydrogen (secondary N) is 4. The van der Waals surface area contributed by atoms with E-state index in [1.807, 2.05) is 6.92 Å². The van der Waals surface area contributed by atoms with Crippen LogP contribution < -0.4 is 31.2 Å². The summed E-state index contributed by atoms with van der Waals surface area (Å²) in [5.74, 6) is 0.114. The zero-order chi connectivity index (χ0) is 28.4. The first-order chi connectivity index (χ1) is 18.7. The largest absolute Gasteiger partial charge is 0.490 e. The third kappa shape index (κ3) is 7.96. The standard InChI is InChI=1S/C28H30ClN5O5/c1-3-38-24-13-17(14-25(36)32-2)12-19(26(24)39-11-10-35)16-33-23-9-6-20(29)15-22(23)28(37)34-21-7-4-18(5-8-21)27(30)31/h4-10,12-13,15,33H,3,11,14,16H2,1-2H3,(H3,30,31)(H,32,36)(H,34,37). The Labute approximate surface area is 231 Å². The minimum absolute atomic E-state index is 0.0717. The smallest absolute Gasteiger partial charge is 0.257 e. The first-order valence-corrected chi connectivity index (χ1v) is 12.5. The van der Waals surface area contributed by atoms with Gasteiger partial charge in [0.1, 0.15) is 12.4 Å². The molecular formula is C28H30ClN5O5. The van der Waals surface area contributed by atoms with Gasteiger partial charge in [-0.3, -0.25) is 19.8 Å². The third-order valence-corrected chi connectivity index (χ3v) is 5.82. The quantitative estimate of drug-likeness (QED) is 0.123. The van der Waals surface area contributed by atoms with Crippen LogP contribution in [0.5, 0.6) is 11.5 Å². The number of rotatable bonds is 13. The van der Waals surface area contributed by atoms with E-state index in [1.54, 1.807) is 61.6 Å². The topological polar surface area (TPSA) is 156 Å². The highest BCUT2D eigenvalue weighted by atomic mass is 35.5. The molecule has 0 saturated heterocycles. The second-order valence-corrected chi connectivity index (χ2v) is 8.77. The molecule has 3 aromatic rings. The molecule has 3 rings (SSSR count). The van der Waals surface area contributed by atoms with E-state index in [0.29, 0.717) is 63.0 Å². The van der Waals surface area contributed by atoms with Crippen molar-refractivity contribution in [2.24, 2.45) is 5.73 Å². The Hall–Kier alpha value is -4.57. The number of likely N-dealkylation sites (N-methyl/N-ethyl adjacent to an activating group) is 1. The maximum atomic E-state index is 13.2. The Balaban J connectivity index is 1.91. The minimum atomic E-state index is -0.406. The molecule has 0 aliphatic rings. The zero-order valence-electron chi connectivity index (χ0n) is 21.6. The molecule has 0 unspecified atom stereocenters. The third-order valence-electron chi connectivity index (χ3n) is 5.58. The first-order valence-electron chi connectivity index (χ1n) is 12.1. The summed E-state index contributed by atoms with van der Waals surface area (Å²) >= 11 is 6.20. The molecule has 0 aliphatic carbocycles. The van der Waals surface area contributed by atoms with Gasteiger partial charge in [-0.25, -0.2) is 0 Å². The normalized spacial score (nSPS) is 10.3. The maximum absolute atomic E-state index is 13.2. The van der Waals surface area contributed by atoms with Gasteiger partial charge in [-0.15, -0.1) is 0 Å². The van der Waals surface area contributed by atoms with E-state index < -0.39 is 5.91 Å². The first kappa shape index (κ1) is 29.0. The molecule has 0 aliphatic heterocycles. The fourth-order valence-corrected chi connectivity index (χ4v) is 3.93. The lowest BCUT2D eigenvalue weighted by atomic mass is 10.0. The molecule has 0 saturated carbocycles. The van der Waals surface area contributed by atoms with Crippen molar-refractivity contribution in [3.63, 3.8) is 0 Å². The van der Waals surface area contributed by atoms with Crippen molar-refractivity contribution in [1.29, 1.82) is 5.41 Å². The average molecular weight is 552 g/mol. The summed E-state index contributed by atoms with van der Waals surface area (Å²) in [4.78, 5) is 36.2. The molecule has 11 heteroatoms. The highest BCUT2D eigenvalue weighted by Gasteiger charge is 2.18. The monoisotopic (exact) mass is 551 g/mol. The molecule has 0 fully saturated rings. The number of nitrogens with two attached hydrogens (primary N) is 1. The van der Waals surface area contributed by atoms with Crippen LogP contribution in [0.25, 0.3) is 0 Å². The van der Waals surface area contributed by atoms with E-state index in [9.17, 15) is 14.4 Å². The van der Waals surface area contributed by atoms with Gasteiger partial charge in [0.2, 0.25) is 5.91 Å². The van der Waals surface area contributed by atoms with E-state index in [4.69, 9.17) is 32.2 Å². The number of carbonyl (C=O) groups excluding carboxylic acids is 3. The van der Waals surface area contributed by atoms with Crippen molar-refractivity contribution in [2.45, 2.75) is 19.9 Å². The number of benzene rings is 3. The number of carbonyl (C=O) groups is 3. The lowest BCUT2D eigenvalue weighted by Gasteiger charge is -2.19. The summed E-state index contributed by atoms with van der Waals surface area (Å²) in [5, 5.41) is 16.5. The summed E-state index contributed by atoms with van der Waals surface area (Å²) in [7, 11) is 1.56. The maximum Gasteiger partial charge on any atom is 0.257 e. The van der Waals surface area contributed by atoms with Crippen LogP contribution in [0.15, 0.2) is 54.6 Å². The van der Waals surface area contributed by atoms with E-state index in [2.05, 4.69) is 16.0 Å². The zero-order valence-corrected chi connectivity index (χ0v) is 22.4. The lowest BCUT2D eigenvalue weighted by molar-refractivity contribution is -0.120. The van der Waals surface area contributed by atoms with Gasteiger partial charge in [-0.1, -0.05) is 11.6 Å². The fraction of sp³-hybridized carbons (Fsp3) is 0.214. The van der Waals surface area contributed by atoms with Crippen LogP contribution in [0, 0.1) is 5.41 Å². The molecule has 0 aromatic heterocycles. The van der Waals surface area contributed by atoms with Crippen molar-refractivity contribution in [3.8, 4) is 11.5 Å². The SMILES string of the molecule is CCOc1cc(CC(=O)NC)cc(CNc2ccc(Cl)cc2C(=O)Nc2ccc(C(=N)N)cc2)c1OCC=O. The Morgan fingerprint density at radius 2 is 1.82 bits per heavy atom. The van der Waals surface area contributed by atoms with E-state index >= 15 is 0 Å². The van der Waals surface area contributed by atoms with Crippen molar-refractivity contribution >= 4 is 46.9 Å². The van der Waals surface area contributed by atoms with E-state index in [-0.39, 0.29) is 31.3 Å². The number of anilines is 2. The van der Waals surface area contributed by atoms with Crippen LogP contribution >= 0.6 is 11.6 Å². The highest BCUT2D eigenvalue weighted by molar-refractivity contribution is 6.31. The van der Waals surface area contributed by atoms with Crippen LogP contribution in [-0.2, 0) is 22.6 Å². The van der Waals surface area contributed by atoms with E-state index in [1.165, 1.54) is 0 Å². The lowest BCUT2D eigenvalue weighted by Crippen LogP contribution is -2.20. The molecule has 204 valence electrons. The number of amidine groups is 1.